The third-order valence-electron chi connectivity index (χ3n) is 5.37. The smallest absolute Gasteiger partial charge is 0.251 e. The second-order valence-corrected chi connectivity index (χ2v) is 10.0. The molecule has 8 heteroatoms. The number of sulfonamides is 1. The highest BCUT2D eigenvalue weighted by Gasteiger charge is 2.29. The van der Waals surface area contributed by atoms with E-state index in [1.807, 2.05) is 31.3 Å². The van der Waals surface area contributed by atoms with Crippen LogP contribution in [-0.2, 0) is 16.4 Å². The summed E-state index contributed by atoms with van der Waals surface area (Å²) in [5.74, 6) is -0.263. The number of benzene rings is 2. The molecule has 1 aliphatic heterocycles. The molecule has 0 unspecified atom stereocenters. The van der Waals surface area contributed by atoms with Crippen molar-refractivity contribution in [2.24, 2.45) is 0 Å². The average molecular weight is 450 g/mol. The highest BCUT2D eigenvalue weighted by Crippen LogP contribution is 2.22. The molecule has 0 saturated carbocycles. The van der Waals surface area contributed by atoms with Gasteiger partial charge in [-0.1, -0.05) is 29.8 Å². The van der Waals surface area contributed by atoms with Crippen LogP contribution in [0.3, 0.4) is 0 Å². The molecule has 1 N–H and O–H groups in total. The lowest BCUT2D eigenvalue weighted by atomic mass is 10.1. The van der Waals surface area contributed by atoms with Crippen LogP contribution in [0.1, 0.15) is 27.9 Å². The van der Waals surface area contributed by atoms with E-state index in [9.17, 15) is 13.2 Å². The summed E-state index contributed by atoms with van der Waals surface area (Å²) in [6.45, 7) is 4.59. The molecule has 1 fully saturated rings. The van der Waals surface area contributed by atoms with Crippen molar-refractivity contribution in [2.75, 3.05) is 39.8 Å². The van der Waals surface area contributed by atoms with Crippen LogP contribution in [0.5, 0.6) is 0 Å². The Morgan fingerprint density at radius 2 is 1.73 bits per heavy atom. The maximum Gasteiger partial charge on any atom is 0.251 e. The van der Waals surface area contributed by atoms with E-state index in [4.69, 9.17) is 11.6 Å². The highest BCUT2D eigenvalue weighted by molar-refractivity contribution is 7.89. The summed E-state index contributed by atoms with van der Waals surface area (Å²) in [6, 6.07) is 12.5. The molecule has 1 aliphatic rings. The highest BCUT2D eigenvalue weighted by atomic mass is 35.5. The largest absolute Gasteiger partial charge is 0.352 e. The van der Waals surface area contributed by atoms with Crippen LogP contribution in [0.4, 0.5) is 0 Å². The molecule has 0 radical (unpaired) electrons. The predicted molar refractivity (Wildman–Crippen MR) is 120 cm³/mol. The summed E-state index contributed by atoms with van der Waals surface area (Å²) in [5, 5.41) is 3.59. The van der Waals surface area contributed by atoms with Crippen LogP contribution in [0, 0.1) is 6.92 Å². The molecule has 1 saturated heterocycles. The first-order valence-corrected chi connectivity index (χ1v) is 11.9. The predicted octanol–water partition coefficient (Wildman–Crippen LogP) is 2.95. The summed E-state index contributed by atoms with van der Waals surface area (Å²) < 4.78 is 27.7. The van der Waals surface area contributed by atoms with Gasteiger partial charge in [-0.25, -0.2) is 8.42 Å². The summed E-state index contributed by atoms with van der Waals surface area (Å²) in [4.78, 5) is 14.9. The van der Waals surface area contributed by atoms with Crippen molar-refractivity contribution in [3.63, 3.8) is 0 Å². The van der Waals surface area contributed by atoms with E-state index in [1.165, 1.54) is 10.4 Å². The number of piperazine rings is 1. The zero-order valence-corrected chi connectivity index (χ0v) is 19.0. The van der Waals surface area contributed by atoms with Gasteiger partial charge < -0.3 is 10.2 Å². The fourth-order valence-corrected chi connectivity index (χ4v) is 5.23. The topological polar surface area (TPSA) is 69.7 Å². The number of carbonyl (C=O) groups excluding carboxylic acids is 1. The Kier molecular flexibility index (Phi) is 7.52. The number of nitrogens with one attached hydrogen (secondary N) is 1. The van der Waals surface area contributed by atoms with Gasteiger partial charge in [-0.05, 0) is 62.2 Å². The van der Waals surface area contributed by atoms with Crippen molar-refractivity contribution in [3.05, 3.63) is 64.2 Å². The number of hydrogen-bond donors (Lipinski definition) is 1. The fourth-order valence-electron chi connectivity index (χ4n) is 3.43. The zero-order chi connectivity index (χ0) is 21.7. The van der Waals surface area contributed by atoms with E-state index in [-0.39, 0.29) is 10.8 Å². The molecule has 6 nitrogen and oxygen atoms in total. The van der Waals surface area contributed by atoms with Crippen molar-refractivity contribution in [3.8, 4) is 0 Å². The van der Waals surface area contributed by atoms with E-state index in [0.29, 0.717) is 48.9 Å². The quantitative estimate of drug-likeness (QED) is 0.660. The van der Waals surface area contributed by atoms with Gasteiger partial charge in [0.15, 0.2) is 0 Å². The molecular formula is C22H28ClN3O3S. The Labute approximate surface area is 183 Å². The number of carbonyl (C=O) groups is 1. The van der Waals surface area contributed by atoms with Crippen LogP contribution in [0.15, 0.2) is 47.4 Å². The molecule has 162 valence electrons. The van der Waals surface area contributed by atoms with Gasteiger partial charge in [-0.2, -0.15) is 4.31 Å². The molecule has 0 aromatic heterocycles. The zero-order valence-electron chi connectivity index (χ0n) is 17.4. The first-order chi connectivity index (χ1) is 14.3. The molecule has 0 bridgehead atoms. The third kappa shape index (κ3) is 5.60. The Hall–Kier alpha value is -1.93. The Bertz CT molecular complexity index is 985. The SMILES string of the molecule is Cc1ccc(C(=O)NCCCc2ccc(Cl)cc2)cc1S(=O)(=O)N1CCN(C)CC1. The maximum atomic E-state index is 13.1. The molecule has 30 heavy (non-hydrogen) atoms. The average Bonchev–Trinajstić information content (AvgIpc) is 2.73. The maximum absolute atomic E-state index is 13.1. The lowest BCUT2D eigenvalue weighted by Gasteiger charge is -2.32. The fraction of sp³-hybridized carbons (Fsp3) is 0.409. The van der Waals surface area contributed by atoms with Gasteiger partial charge >= 0.3 is 0 Å². The van der Waals surface area contributed by atoms with Crippen molar-refractivity contribution >= 4 is 27.5 Å². The molecule has 1 heterocycles. The summed E-state index contributed by atoms with van der Waals surface area (Å²) in [7, 11) is -1.64. The summed E-state index contributed by atoms with van der Waals surface area (Å²) >= 11 is 5.89. The minimum Gasteiger partial charge on any atom is -0.352 e. The standard InChI is InChI=1S/C22H28ClN3O3S/c1-17-5-8-19(16-21(17)30(28,29)26-14-12-25(2)13-15-26)22(27)24-11-3-4-18-6-9-20(23)10-7-18/h5-10,16H,3-4,11-15H2,1-2H3,(H,24,27). The Morgan fingerprint density at radius 3 is 2.40 bits per heavy atom. The van der Waals surface area contributed by atoms with Gasteiger partial charge in [0.1, 0.15) is 0 Å². The normalized spacial score (nSPS) is 15.8. The lowest BCUT2D eigenvalue weighted by molar-refractivity contribution is 0.0953. The minimum absolute atomic E-state index is 0.209. The van der Waals surface area contributed by atoms with Crippen molar-refractivity contribution < 1.29 is 13.2 Å². The number of aryl methyl sites for hydroxylation is 2. The van der Waals surface area contributed by atoms with Gasteiger partial charge in [-0.3, -0.25) is 4.79 Å². The van der Waals surface area contributed by atoms with Gasteiger partial charge in [0.2, 0.25) is 10.0 Å². The van der Waals surface area contributed by atoms with E-state index < -0.39 is 10.0 Å². The molecule has 2 aromatic carbocycles. The number of hydrogen-bond acceptors (Lipinski definition) is 4. The third-order valence-corrected chi connectivity index (χ3v) is 7.66. The first-order valence-electron chi connectivity index (χ1n) is 10.1. The van der Waals surface area contributed by atoms with Crippen LogP contribution in [-0.4, -0.2) is 63.3 Å². The van der Waals surface area contributed by atoms with Gasteiger partial charge in [0, 0.05) is 43.3 Å². The van der Waals surface area contributed by atoms with Gasteiger partial charge in [0.05, 0.1) is 4.90 Å². The Morgan fingerprint density at radius 1 is 1.07 bits per heavy atom. The molecule has 1 amide bonds. The van der Waals surface area contributed by atoms with E-state index in [0.717, 1.165) is 18.4 Å². The van der Waals surface area contributed by atoms with Crippen LogP contribution in [0.2, 0.25) is 5.02 Å². The van der Waals surface area contributed by atoms with Gasteiger partial charge in [0.25, 0.3) is 5.91 Å². The van der Waals surface area contributed by atoms with E-state index in [1.54, 1.807) is 19.1 Å². The molecule has 3 rings (SSSR count). The minimum atomic E-state index is -3.62. The van der Waals surface area contributed by atoms with E-state index >= 15 is 0 Å². The summed E-state index contributed by atoms with van der Waals surface area (Å²) in [5.41, 5.74) is 2.16. The molecule has 0 aliphatic carbocycles. The van der Waals surface area contributed by atoms with Crippen molar-refractivity contribution in [2.45, 2.75) is 24.7 Å². The number of likely N-dealkylation sites (N-methyl/N-ethyl adjacent to an activating group) is 1. The van der Waals surface area contributed by atoms with Crippen LogP contribution >= 0.6 is 11.6 Å². The van der Waals surface area contributed by atoms with Crippen LogP contribution < -0.4 is 5.32 Å². The molecule has 0 spiro atoms. The molecule has 0 atom stereocenters. The Balaban J connectivity index is 1.62. The molecule has 2 aromatic rings. The number of nitrogens with zero attached hydrogens (tertiary/aromatic N) is 2. The number of amides is 1. The monoisotopic (exact) mass is 449 g/mol. The van der Waals surface area contributed by atoms with Crippen LogP contribution in [0.25, 0.3) is 0 Å². The van der Waals surface area contributed by atoms with Gasteiger partial charge in [-0.15, -0.1) is 0 Å². The number of halogens is 1. The number of rotatable bonds is 7. The molecular weight excluding hydrogens is 422 g/mol. The lowest BCUT2D eigenvalue weighted by Crippen LogP contribution is -2.47. The van der Waals surface area contributed by atoms with E-state index in [2.05, 4.69) is 10.2 Å². The second-order valence-electron chi connectivity index (χ2n) is 7.67. The first kappa shape index (κ1) is 22.7. The van der Waals surface area contributed by atoms with Crippen molar-refractivity contribution in [1.29, 1.82) is 0 Å². The summed E-state index contributed by atoms with van der Waals surface area (Å²) in [6.07, 6.45) is 1.61. The second kappa shape index (κ2) is 9.92. The van der Waals surface area contributed by atoms with Crippen molar-refractivity contribution in [1.82, 2.24) is 14.5 Å².